The molecule has 172 valence electrons. The van der Waals surface area contributed by atoms with Crippen LogP contribution in [-0.4, -0.2) is 53.7 Å². The number of aromatic nitrogens is 2. The highest BCUT2D eigenvalue weighted by molar-refractivity contribution is 5.96. The van der Waals surface area contributed by atoms with Gasteiger partial charge in [0.05, 0.1) is 29.1 Å². The van der Waals surface area contributed by atoms with Crippen LogP contribution in [0.3, 0.4) is 0 Å². The first kappa shape index (κ1) is 24.8. The van der Waals surface area contributed by atoms with Gasteiger partial charge in [-0.1, -0.05) is 6.92 Å². The molecule has 31 heavy (non-hydrogen) atoms. The molecule has 1 aromatic heterocycles. The molecule has 0 fully saturated rings. The summed E-state index contributed by atoms with van der Waals surface area (Å²) in [6.07, 6.45) is 3.67. The average Bonchev–Trinajstić information content (AvgIpc) is 3.07. The van der Waals surface area contributed by atoms with Crippen LogP contribution in [0.5, 0.6) is 0 Å². The fraction of sp³-hybridized carbons (Fsp3) is 0.652. The van der Waals surface area contributed by atoms with Crippen LogP contribution in [0, 0.1) is 0 Å². The summed E-state index contributed by atoms with van der Waals surface area (Å²) in [5.41, 5.74) is 4.52. The molecule has 0 aromatic carbocycles. The van der Waals surface area contributed by atoms with Crippen LogP contribution in [0.4, 0.5) is 0 Å². The molecule has 2 rings (SSSR count). The maximum atomic E-state index is 12.8. The lowest BCUT2D eigenvalue weighted by Gasteiger charge is -2.10. The number of esters is 1. The lowest BCUT2D eigenvalue weighted by Crippen LogP contribution is -2.26. The van der Waals surface area contributed by atoms with Crippen molar-refractivity contribution in [1.82, 2.24) is 15.1 Å². The van der Waals surface area contributed by atoms with E-state index in [0.29, 0.717) is 56.0 Å². The quantitative estimate of drug-likeness (QED) is 0.309. The van der Waals surface area contributed by atoms with Gasteiger partial charge in [-0.15, -0.1) is 0 Å². The standard InChI is InChI=1S/C23H36N4O4/c1-6-19-21-20(10-7-13-30-14-8-11-24-22(21)28)27(26-19)12-9-15-31-23(29)17(4)18(5)25-16(2)3/h6-15H2,1-5H3,(H,24,28)/b18-17+. The molecule has 0 bridgehead atoms. The normalized spacial score (nSPS) is 15.8. The zero-order valence-electron chi connectivity index (χ0n) is 19.5. The monoisotopic (exact) mass is 432 g/mol. The van der Waals surface area contributed by atoms with Gasteiger partial charge >= 0.3 is 5.97 Å². The van der Waals surface area contributed by atoms with Gasteiger partial charge in [-0.3, -0.25) is 14.5 Å². The summed E-state index contributed by atoms with van der Waals surface area (Å²) < 4.78 is 12.9. The van der Waals surface area contributed by atoms with Gasteiger partial charge < -0.3 is 14.8 Å². The molecule has 8 heteroatoms. The average molecular weight is 433 g/mol. The summed E-state index contributed by atoms with van der Waals surface area (Å²) in [4.78, 5) is 29.3. The van der Waals surface area contributed by atoms with Gasteiger partial charge in [-0.05, 0) is 53.4 Å². The second-order valence-electron chi connectivity index (χ2n) is 7.93. The Hall–Kier alpha value is -2.48. The van der Waals surface area contributed by atoms with E-state index < -0.39 is 0 Å². The first-order valence-corrected chi connectivity index (χ1v) is 11.2. The Balaban J connectivity index is 2.06. The molecular weight excluding hydrogens is 396 g/mol. The molecule has 0 saturated heterocycles. The van der Waals surface area contributed by atoms with Crippen molar-refractivity contribution in [2.24, 2.45) is 4.99 Å². The van der Waals surface area contributed by atoms with E-state index in [1.54, 1.807) is 13.8 Å². The molecule has 2 heterocycles. The molecule has 0 saturated carbocycles. The van der Waals surface area contributed by atoms with E-state index in [2.05, 4.69) is 15.4 Å². The minimum absolute atomic E-state index is 0.0607. The fourth-order valence-electron chi connectivity index (χ4n) is 3.46. The molecule has 1 aliphatic rings. The van der Waals surface area contributed by atoms with Crippen molar-refractivity contribution in [3.05, 3.63) is 28.2 Å². The van der Waals surface area contributed by atoms with E-state index in [-0.39, 0.29) is 18.5 Å². The van der Waals surface area contributed by atoms with Crippen LogP contribution in [-0.2, 0) is 33.7 Å². The van der Waals surface area contributed by atoms with Gasteiger partial charge in [0.2, 0.25) is 0 Å². The highest BCUT2D eigenvalue weighted by atomic mass is 16.5. The highest BCUT2D eigenvalue weighted by Gasteiger charge is 2.22. The molecule has 0 radical (unpaired) electrons. The minimum Gasteiger partial charge on any atom is -0.462 e. The Kier molecular flexibility index (Phi) is 9.91. The number of amides is 1. The molecule has 0 aliphatic carbocycles. The molecule has 0 spiro atoms. The van der Waals surface area contributed by atoms with Crippen molar-refractivity contribution < 1.29 is 19.1 Å². The number of hydrogen-bond acceptors (Lipinski definition) is 6. The third-order valence-electron chi connectivity index (χ3n) is 5.13. The number of carbonyl (C=O) groups excluding carboxylic acids is 2. The number of allylic oxidation sites excluding steroid dienone is 1. The van der Waals surface area contributed by atoms with Crippen LogP contribution in [0.15, 0.2) is 16.3 Å². The summed E-state index contributed by atoms with van der Waals surface area (Å²) >= 11 is 0. The largest absolute Gasteiger partial charge is 0.462 e. The Morgan fingerprint density at radius 3 is 2.68 bits per heavy atom. The SMILES string of the molecule is CCc1nn(CCCOC(=O)/C(C)=C(\C)N=C(C)C)c2c1C(=O)NCCCOCCC2. The predicted molar refractivity (Wildman–Crippen MR) is 120 cm³/mol. The third-order valence-corrected chi connectivity index (χ3v) is 5.13. The van der Waals surface area contributed by atoms with Crippen molar-refractivity contribution in [2.75, 3.05) is 26.4 Å². The first-order chi connectivity index (χ1) is 14.8. The Morgan fingerprint density at radius 1 is 1.23 bits per heavy atom. The molecule has 1 amide bonds. The molecule has 1 aliphatic heterocycles. The summed E-state index contributed by atoms with van der Waals surface area (Å²) in [6.45, 7) is 12.1. The zero-order chi connectivity index (χ0) is 22.8. The van der Waals surface area contributed by atoms with Crippen molar-refractivity contribution in [1.29, 1.82) is 0 Å². The van der Waals surface area contributed by atoms with Gasteiger partial charge in [0.1, 0.15) is 0 Å². The number of ether oxygens (including phenoxy) is 2. The lowest BCUT2D eigenvalue weighted by atomic mass is 10.1. The van der Waals surface area contributed by atoms with E-state index in [0.717, 1.165) is 36.4 Å². The first-order valence-electron chi connectivity index (χ1n) is 11.2. The number of aliphatic imine (C=N–C) groups is 1. The predicted octanol–water partition coefficient (Wildman–Crippen LogP) is 3.24. The van der Waals surface area contributed by atoms with Crippen molar-refractivity contribution >= 4 is 17.6 Å². The van der Waals surface area contributed by atoms with E-state index in [1.807, 2.05) is 25.5 Å². The highest BCUT2D eigenvalue weighted by Crippen LogP contribution is 2.19. The van der Waals surface area contributed by atoms with Crippen molar-refractivity contribution in [3.63, 3.8) is 0 Å². The fourth-order valence-corrected chi connectivity index (χ4v) is 3.46. The Bertz CT molecular complexity index is 835. The number of nitrogens with one attached hydrogen (secondary N) is 1. The third kappa shape index (κ3) is 7.31. The zero-order valence-corrected chi connectivity index (χ0v) is 19.5. The smallest absolute Gasteiger partial charge is 0.335 e. The summed E-state index contributed by atoms with van der Waals surface area (Å²) in [5.74, 6) is -0.414. The van der Waals surface area contributed by atoms with Gasteiger partial charge in [-0.25, -0.2) is 4.79 Å². The second-order valence-corrected chi connectivity index (χ2v) is 7.93. The van der Waals surface area contributed by atoms with Gasteiger partial charge in [0, 0.05) is 44.1 Å². The Labute approximate surface area is 185 Å². The summed E-state index contributed by atoms with van der Waals surface area (Å²) in [7, 11) is 0. The van der Waals surface area contributed by atoms with Crippen LogP contribution in [0.25, 0.3) is 0 Å². The number of fused-ring (bicyclic) bond motifs is 1. The van der Waals surface area contributed by atoms with Crippen molar-refractivity contribution in [3.8, 4) is 0 Å². The van der Waals surface area contributed by atoms with Gasteiger partial charge in [0.15, 0.2) is 0 Å². The Morgan fingerprint density at radius 2 is 1.97 bits per heavy atom. The van der Waals surface area contributed by atoms with Crippen LogP contribution in [0.1, 0.15) is 75.6 Å². The van der Waals surface area contributed by atoms with Gasteiger partial charge in [0.25, 0.3) is 5.91 Å². The maximum absolute atomic E-state index is 12.8. The number of aryl methyl sites for hydroxylation is 2. The van der Waals surface area contributed by atoms with E-state index in [1.165, 1.54) is 0 Å². The van der Waals surface area contributed by atoms with Crippen LogP contribution < -0.4 is 5.32 Å². The number of rotatable bonds is 7. The van der Waals surface area contributed by atoms with E-state index in [9.17, 15) is 9.59 Å². The maximum Gasteiger partial charge on any atom is 0.335 e. The lowest BCUT2D eigenvalue weighted by molar-refractivity contribution is -0.139. The van der Waals surface area contributed by atoms with E-state index >= 15 is 0 Å². The summed E-state index contributed by atoms with van der Waals surface area (Å²) in [6, 6.07) is 0. The van der Waals surface area contributed by atoms with Crippen LogP contribution >= 0.6 is 0 Å². The number of nitrogens with zero attached hydrogens (tertiary/aromatic N) is 3. The molecular formula is C23H36N4O4. The molecule has 0 unspecified atom stereocenters. The molecule has 8 nitrogen and oxygen atoms in total. The van der Waals surface area contributed by atoms with E-state index in [4.69, 9.17) is 9.47 Å². The number of hydrogen-bond donors (Lipinski definition) is 1. The van der Waals surface area contributed by atoms with Crippen LogP contribution in [0.2, 0.25) is 0 Å². The number of carbonyl (C=O) groups is 2. The second kappa shape index (κ2) is 12.4. The van der Waals surface area contributed by atoms with Crippen molar-refractivity contribution in [2.45, 2.75) is 73.3 Å². The molecule has 1 N–H and O–H groups in total. The molecule has 0 atom stereocenters. The summed E-state index contributed by atoms with van der Waals surface area (Å²) in [5, 5.41) is 7.67. The van der Waals surface area contributed by atoms with Gasteiger partial charge in [-0.2, -0.15) is 5.10 Å². The molecule has 1 aromatic rings. The topological polar surface area (TPSA) is 94.8 Å². The minimum atomic E-state index is -0.354.